The first-order chi connectivity index (χ1) is 5.88. The van der Waals surface area contributed by atoms with Gasteiger partial charge in [0.05, 0.1) is 12.5 Å². The van der Waals surface area contributed by atoms with Gasteiger partial charge >= 0.3 is 51.4 Å². The van der Waals surface area contributed by atoms with Crippen LogP contribution in [0.15, 0.2) is 24.3 Å². The van der Waals surface area contributed by atoms with Gasteiger partial charge in [-0.25, -0.2) is 0 Å². The molecule has 0 spiro atoms. The van der Waals surface area contributed by atoms with Crippen molar-refractivity contribution in [3.63, 3.8) is 0 Å². The molecule has 0 saturated carbocycles. The molecule has 1 amide bonds. The van der Waals surface area contributed by atoms with E-state index in [1.807, 2.05) is 18.2 Å². The first-order valence-corrected chi connectivity index (χ1v) is 3.75. The number of ether oxygens (including phenoxy) is 1. The Kier molecular flexibility index (Phi) is 4.58. The molecule has 2 rings (SSSR count). The van der Waals surface area contributed by atoms with Crippen LogP contribution in [-0.2, 0) is 11.3 Å². The van der Waals surface area contributed by atoms with Crippen LogP contribution in [0.2, 0.25) is 0 Å². The molecular formula is C9H8KNO2. The Morgan fingerprint density at radius 2 is 2.08 bits per heavy atom. The second kappa shape index (κ2) is 5.24. The van der Waals surface area contributed by atoms with Crippen LogP contribution in [0.1, 0.15) is 15.9 Å². The third kappa shape index (κ3) is 2.62. The van der Waals surface area contributed by atoms with E-state index in [-0.39, 0.29) is 64.0 Å². The van der Waals surface area contributed by atoms with Gasteiger partial charge < -0.3 is 14.8 Å². The maximum atomic E-state index is 11.3. The van der Waals surface area contributed by atoms with Gasteiger partial charge in [-0.2, -0.15) is 0 Å². The minimum absolute atomic E-state index is 0. The zero-order valence-electron chi connectivity index (χ0n) is 7.49. The molecule has 1 heterocycles. The van der Waals surface area contributed by atoms with Crippen molar-refractivity contribution in [2.24, 2.45) is 0 Å². The number of nitrogens with zero attached hydrogens (tertiary/aromatic N) is 1. The van der Waals surface area contributed by atoms with Crippen molar-refractivity contribution in [1.82, 2.24) is 0 Å². The molecule has 0 bridgehead atoms. The summed E-state index contributed by atoms with van der Waals surface area (Å²) in [6.07, 6.45) is 0. The summed E-state index contributed by atoms with van der Waals surface area (Å²) in [5, 5.41) is 3.70. The van der Waals surface area contributed by atoms with E-state index >= 15 is 0 Å². The Bertz CT molecular complexity index is 314. The predicted octanol–water partition coefficient (Wildman–Crippen LogP) is -1.31. The molecule has 0 atom stereocenters. The van der Waals surface area contributed by atoms with Crippen molar-refractivity contribution in [2.75, 3.05) is 6.73 Å². The number of benzene rings is 1. The van der Waals surface area contributed by atoms with E-state index in [1.165, 1.54) is 0 Å². The molecule has 4 heteroatoms. The molecule has 0 N–H and O–H groups in total. The molecule has 1 aliphatic heterocycles. The second-order valence-electron chi connectivity index (χ2n) is 2.60. The number of carbonyl (C=O) groups excluding carboxylic acids is 1. The van der Waals surface area contributed by atoms with Gasteiger partial charge in [-0.15, -0.1) is 0 Å². The molecule has 62 valence electrons. The van der Waals surface area contributed by atoms with Crippen LogP contribution in [0.4, 0.5) is 0 Å². The number of hydrogen-bond acceptors (Lipinski definition) is 2. The molecule has 13 heavy (non-hydrogen) atoms. The summed E-state index contributed by atoms with van der Waals surface area (Å²) in [6.45, 7) is 0.652. The van der Waals surface area contributed by atoms with E-state index in [4.69, 9.17) is 4.74 Å². The first kappa shape index (κ1) is 11.4. The molecular weight excluding hydrogens is 193 g/mol. The summed E-state index contributed by atoms with van der Waals surface area (Å²) in [4.78, 5) is 11.3. The maximum Gasteiger partial charge on any atom is 1.00 e. The van der Waals surface area contributed by atoms with Gasteiger partial charge in [-0.3, -0.25) is 0 Å². The van der Waals surface area contributed by atoms with Crippen LogP contribution in [-0.4, -0.2) is 12.6 Å². The maximum absolute atomic E-state index is 11.3. The molecule has 0 radical (unpaired) electrons. The number of rotatable bonds is 0. The van der Waals surface area contributed by atoms with Gasteiger partial charge in [0.2, 0.25) is 0 Å². The molecule has 0 unspecified atom stereocenters. The van der Waals surface area contributed by atoms with Gasteiger partial charge in [-0.1, -0.05) is 24.3 Å². The molecule has 0 fully saturated rings. The minimum atomic E-state index is -0.178. The average molecular weight is 201 g/mol. The fourth-order valence-electron chi connectivity index (χ4n) is 1.20. The second-order valence-corrected chi connectivity index (χ2v) is 2.60. The van der Waals surface area contributed by atoms with Crippen molar-refractivity contribution < 1.29 is 60.9 Å². The molecule has 0 saturated heterocycles. The van der Waals surface area contributed by atoms with Crippen LogP contribution < -0.4 is 51.4 Å². The van der Waals surface area contributed by atoms with Crippen LogP contribution in [0, 0.1) is 0 Å². The quantitative estimate of drug-likeness (QED) is 0.489. The summed E-state index contributed by atoms with van der Waals surface area (Å²) in [7, 11) is 0. The van der Waals surface area contributed by atoms with Gasteiger partial charge in [-0.05, 0) is 12.3 Å². The third-order valence-electron chi connectivity index (χ3n) is 1.80. The summed E-state index contributed by atoms with van der Waals surface area (Å²) in [5.74, 6) is -0.178. The fraction of sp³-hybridized carbons (Fsp3) is 0.222. The number of fused-ring (bicyclic) bond motifs is 1. The Morgan fingerprint density at radius 1 is 1.31 bits per heavy atom. The van der Waals surface area contributed by atoms with Crippen LogP contribution in [0.25, 0.3) is 5.32 Å². The fourth-order valence-corrected chi connectivity index (χ4v) is 1.20. The van der Waals surface area contributed by atoms with E-state index in [9.17, 15) is 4.79 Å². The van der Waals surface area contributed by atoms with Crippen molar-refractivity contribution in [3.8, 4) is 0 Å². The van der Waals surface area contributed by atoms with Gasteiger partial charge in [0, 0.05) is 5.56 Å². The average Bonchev–Trinajstić information content (AvgIpc) is 2.29. The van der Waals surface area contributed by atoms with E-state index in [0.717, 1.165) is 5.56 Å². The molecule has 0 aliphatic carbocycles. The van der Waals surface area contributed by atoms with Crippen molar-refractivity contribution in [1.29, 1.82) is 0 Å². The zero-order valence-corrected chi connectivity index (χ0v) is 10.6. The van der Waals surface area contributed by atoms with Gasteiger partial charge in [0.15, 0.2) is 0 Å². The summed E-state index contributed by atoms with van der Waals surface area (Å²) in [6, 6.07) is 7.38. The smallest absolute Gasteiger partial charge is 0.627 e. The Hall–Kier alpha value is 0.286. The zero-order chi connectivity index (χ0) is 8.39. The van der Waals surface area contributed by atoms with E-state index in [1.54, 1.807) is 6.07 Å². The number of hydrogen-bond donors (Lipinski definition) is 0. The molecule has 3 nitrogen and oxygen atoms in total. The first-order valence-electron chi connectivity index (χ1n) is 3.75. The van der Waals surface area contributed by atoms with Gasteiger partial charge in [0.25, 0.3) is 0 Å². The van der Waals surface area contributed by atoms with Crippen LogP contribution >= 0.6 is 0 Å². The standard InChI is InChI=1S/C9H9NO2.K/c11-9-8-4-2-1-3-7(8)5-12-6-10-9;/h1-4H,5-6H2,(H,10,11);/q;+1/p-1. The summed E-state index contributed by atoms with van der Waals surface area (Å²) >= 11 is 0. The molecule has 1 aromatic rings. The Morgan fingerprint density at radius 3 is 2.92 bits per heavy atom. The predicted molar refractivity (Wildman–Crippen MR) is 43.8 cm³/mol. The van der Waals surface area contributed by atoms with E-state index < -0.39 is 0 Å². The largest absolute Gasteiger partial charge is 1.00 e. The molecule has 1 aromatic carbocycles. The minimum Gasteiger partial charge on any atom is -0.627 e. The monoisotopic (exact) mass is 201 g/mol. The van der Waals surface area contributed by atoms with Crippen LogP contribution in [0.3, 0.4) is 0 Å². The molecule has 1 aliphatic rings. The third-order valence-corrected chi connectivity index (χ3v) is 1.80. The summed E-state index contributed by atoms with van der Waals surface area (Å²) < 4.78 is 5.10. The van der Waals surface area contributed by atoms with E-state index in [0.29, 0.717) is 12.2 Å². The number of amides is 1. The normalized spacial score (nSPS) is 14.9. The molecule has 0 aromatic heterocycles. The topological polar surface area (TPSA) is 40.4 Å². The van der Waals surface area contributed by atoms with Crippen molar-refractivity contribution in [2.45, 2.75) is 6.61 Å². The van der Waals surface area contributed by atoms with Gasteiger partial charge in [0.1, 0.15) is 0 Å². The van der Waals surface area contributed by atoms with Crippen molar-refractivity contribution >= 4 is 5.91 Å². The van der Waals surface area contributed by atoms with Crippen LogP contribution in [0.5, 0.6) is 0 Å². The Labute approximate surface area is 119 Å². The SMILES string of the molecule is O=C1[N-]COCc2ccccc21.[K+]. The number of carbonyl (C=O) groups is 1. The Balaban J connectivity index is 0.000000845. The van der Waals surface area contributed by atoms with Crippen molar-refractivity contribution in [3.05, 3.63) is 40.7 Å². The van der Waals surface area contributed by atoms with E-state index in [2.05, 4.69) is 5.32 Å². The summed E-state index contributed by atoms with van der Waals surface area (Å²) in [5.41, 5.74) is 1.58.